The molecule has 0 amide bonds. The lowest BCUT2D eigenvalue weighted by atomic mass is 9.79. The van der Waals surface area contributed by atoms with E-state index in [1.807, 2.05) is 0 Å². The highest BCUT2D eigenvalue weighted by atomic mass is 19.1. The first-order chi connectivity index (χ1) is 9.36. The molecule has 0 saturated heterocycles. The van der Waals surface area contributed by atoms with Gasteiger partial charge in [-0.25, -0.2) is 9.18 Å². The molecule has 20 heavy (non-hydrogen) atoms. The van der Waals surface area contributed by atoms with E-state index in [1.54, 1.807) is 19.9 Å². The molecular weight excluding hydrogens is 262 g/mol. The Hall–Kier alpha value is -1.99. The normalized spacial score (nSPS) is 10.7. The minimum Gasteiger partial charge on any atom is -0.423 e. The largest absolute Gasteiger partial charge is 0.488 e. The molecule has 0 fully saturated rings. The van der Waals surface area contributed by atoms with Crippen LogP contribution in [-0.2, 0) is 6.54 Å². The summed E-state index contributed by atoms with van der Waals surface area (Å²) in [4.78, 5) is 15.7. The van der Waals surface area contributed by atoms with Crippen molar-refractivity contribution in [3.8, 4) is 0 Å². The molecule has 0 saturated carbocycles. The zero-order valence-electron chi connectivity index (χ0n) is 11.2. The second kappa shape index (κ2) is 5.56. The van der Waals surface area contributed by atoms with Crippen LogP contribution in [0.25, 0.3) is 0 Å². The predicted octanol–water partition coefficient (Wildman–Crippen LogP) is -0.273. The van der Waals surface area contributed by atoms with Crippen molar-refractivity contribution in [1.29, 1.82) is 0 Å². The maximum atomic E-state index is 13.4. The molecule has 1 heterocycles. The lowest BCUT2D eigenvalue weighted by molar-refractivity contribution is 0.425. The van der Waals surface area contributed by atoms with Gasteiger partial charge in [-0.15, -0.1) is 0 Å². The lowest BCUT2D eigenvalue weighted by Crippen LogP contribution is -2.31. The van der Waals surface area contributed by atoms with E-state index in [4.69, 9.17) is 10.0 Å². The van der Waals surface area contributed by atoms with E-state index in [0.717, 1.165) is 6.07 Å². The number of halogens is 1. The van der Waals surface area contributed by atoms with Crippen LogP contribution in [0.15, 0.2) is 29.1 Å². The fraction of sp³-hybridized carbons (Fsp3) is 0.231. The Balaban J connectivity index is 2.43. The van der Waals surface area contributed by atoms with Gasteiger partial charge >= 0.3 is 12.8 Å². The number of aryl methyl sites for hydroxylation is 2. The Morgan fingerprint density at radius 2 is 1.95 bits per heavy atom. The summed E-state index contributed by atoms with van der Waals surface area (Å²) in [7, 11) is -1.75. The minimum atomic E-state index is -1.75. The van der Waals surface area contributed by atoms with E-state index < -0.39 is 18.6 Å². The maximum absolute atomic E-state index is 13.4. The van der Waals surface area contributed by atoms with E-state index in [1.165, 1.54) is 16.7 Å². The molecule has 0 aliphatic rings. The number of hydrogen-bond acceptors (Lipinski definition) is 4. The third-order valence-electron chi connectivity index (χ3n) is 2.97. The van der Waals surface area contributed by atoms with Crippen molar-refractivity contribution in [1.82, 2.24) is 9.55 Å². The van der Waals surface area contributed by atoms with Gasteiger partial charge in [0.25, 0.3) is 0 Å². The van der Waals surface area contributed by atoms with Gasteiger partial charge in [0.05, 0.1) is 6.54 Å². The van der Waals surface area contributed by atoms with Crippen LogP contribution in [0.4, 0.5) is 4.39 Å². The predicted molar refractivity (Wildman–Crippen MR) is 73.3 cm³/mol. The summed E-state index contributed by atoms with van der Waals surface area (Å²) >= 11 is 0. The van der Waals surface area contributed by atoms with Gasteiger partial charge in [-0.05, 0) is 43.1 Å². The maximum Gasteiger partial charge on any atom is 0.488 e. The average Bonchev–Trinajstić information content (AvgIpc) is 2.33. The summed E-state index contributed by atoms with van der Waals surface area (Å²) in [6, 6.07) is 5.48. The highest BCUT2D eigenvalue weighted by Gasteiger charge is 2.14. The molecule has 0 aliphatic carbocycles. The quantitative estimate of drug-likeness (QED) is 0.756. The Morgan fingerprint density at radius 1 is 1.25 bits per heavy atom. The van der Waals surface area contributed by atoms with Crippen molar-refractivity contribution in [3.63, 3.8) is 0 Å². The molecule has 0 aliphatic heterocycles. The van der Waals surface area contributed by atoms with Gasteiger partial charge in [-0.1, -0.05) is 6.07 Å². The summed E-state index contributed by atoms with van der Waals surface area (Å²) in [6.45, 7) is 3.60. The van der Waals surface area contributed by atoms with Crippen LogP contribution < -0.4 is 11.2 Å². The summed E-state index contributed by atoms with van der Waals surface area (Å²) in [5.41, 5.74) is 1.42. The van der Waals surface area contributed by atoms with E-state index in [9.17, 15) is 9.18 Å². The van der Waals surface area contributed by atoms with Gasteiger partial charge in [-0.3, -0.25) is 4.57 Å². The molecule has 7 heteroatoms. The second-order valence-corrected chi connectivity index (χ2v) is 4.67. The van der Waals surface area contributed by atoms with Gasteiger partial charge in [0.2, 0.25) is 0 Å². The van der Waals surface area contributed by atoms with Crippen LogP contribution >= 0.6 is 0 Å². The first-order valence-electron chi connectivity index (χ1n) is 6.07. The zero-order valence-corrected chi connectivity index (χ0v) is 11.2. The Labute approximate surface area is 115 Å². The van der Waals surface area contributed by atoms with Crippen LogP contribution in [0.5, 0.6) is 0 Å². The molecular formula is C13H14BFN2O3. The SMILES string of the molecule is Cc1cc(C)n(Cc2cc(F)cc(B(O)O)c2)c(=O)n1. The Morgan fingerprint density at radius 3 is 2.55 bits per heavy atom. The molecule has 0 radical (unpaired) electrons. The molecule has 0 unspecified atom stereocenters. The standard InChI is InChI=1S/C13H14BFN2O3/c1-8-3-9(2)17(13(18)16-8)7-10-4-11(14(19)20)6-12(15)5-10/h3-6,19-20H,7H2,1-2H3. The number of rotatable bonds is 3. The van der Waals surface area contributed by atoms with Crippen molar-refractivity contribution in [2.45, 2.75) is 20.4 Å². The molecule has 2 aromatic rings. The molecule has 5 nitrogen and oxygen atoms in total. The van der Waals surface area contributed by atoms with Crippen molar-refractivity contribution >= 4 is 12.6 Å². The van der Waals surface area contributed by atoms with E-state index in [0.29, 0.717) is 17.0 Å². The van der Waals surface area contributed by atoms with E-state index >= 15 is 0 Å². The topological polar surface area (TPSA) is 75.3 Å². The van der Waals surface area contributed by atoms with E-state index in [2.05, 4.69) is 4.98 Å². The highest BCUT2D eigenvalue weighted by Crippen LogP contribution is 2.06. The number of nitrogens with zero attached hydrogens (tertiary/aromatic N) is 2. The third-order valence-corrected chi connectivity index (χ3v) is 2.97. The Bertz CT molecular complexity index is 701. The summed E-state index contributed by atoms with van der Waals surface area (Å²) < 4.78 is 14.8. The molecule has 1 aromatic heterocycles. The van der Waals surface area contributed by atoms with Crippen molar-refractivity contribution in [2.24, 2.45) is 0 Å². The minimum absolute atomic E-state index is 0.0470. The average molecular weight is 276 g/mol. The summed E-state index contributed by atoms with van der Waals surface area (Å²) in [5.74, 6) is -0.587. The molecule has 0 bridgehead atoms. The second-order valence-electron chi connectivity index (χ2n) is 4.67. The van der Waals surface area contributed by atoms with Gasteiger partial charge in [-0.2, -0.15) is 4.98 Å². The van der Waals surface area contributed by atoms with Crippen LogP contribution in [0.2, 0.25) is 0 Å². The zero-order chi connectivity index (χ0) is 14.9. The van der Waals surface area contributed by atoms with Crippen LogP contribution in [0, 0.1) is 19.7 Å². The first kappa shape index (κ1) is 14.4. The monoisotopic (exact) mass is 276 g/mol. The third kappa shape index (κ3) is 3.12. The van der Waals surface area contributed by atoms with Gasteiger partial charge in [0, 0.05) is 11.4 Å². The number of aromatic nitrogens is 2. The summed E-state index contributed by atoms with van der Waals surface area (Å²) in [5, 5.41) is 18.2. The molecule has 2 rings (SSSR count). The van der Waals surface area contributed by atoms with Crippen LogP contribution in [0.1, 0.15) is 17.0 Å². The highest BCUT2D eigenvalue weighted by molar-refractivity contribution is 6.58. The summed E-state index contributed by atoms with van der Waals surface area (Å²) in [6.07, 6.45) is 0. The van der Waals surface area contributed by atoms with E-state index in [-0.39, 0.29) is 12.0 Å². The van der Waals surface area contributed by atoms with Gasteiger partial charge in [0.15, 0.2) is 0 Å². The fourth-order valence-corrected chi connectivity index (χ4v) is 2.07. The fourth-order valence-electron chi connectivity index (χ4n) is 2.07. The molecule has 0 spiro atoms. The number of benzene rings is 1. The smallest absolute Gasteiger partial charge is 0.423 e. The molecule has 2 N–H and O–H groups in total. The van der Waals surface area contributed by atoms with Crippen molar-refractivity contribution in [2.75, 3.05) is 0 Å². The van der Waals surface area contributed by atoms with Crippen LogP contribution in [0.3, 0.4) is 0 Å². The first-order valence-corrected chi connectivity index (χ1v) is 6.07. The van der Waals surface area contributed by atoms with Crippen molar-refractivity contribution < 1.29 is 14.4 Å². The van der Waals surface area contributed by atoms with Gasteiger partial charge in [0.1, 0.15) is 5.82 Å². The number of hydrogen-bond donors (Lipinski definition) is 2. The molecule has 104 valence electrons. The van der Waals surface area contributed by atoms with Crippen molar-refractivity contribution in [3.05, 3.63) is 57.5 Å². The van der Waals surface area contributed by atoms with Gasteiger partial charge < -0.3 is 10.0 Å². The lowest BCUT2D eigenvalue weighted by Gasteiger charge is -2.11. The Kier molecular flexibility index (Phi) is 4.01. The molecule has 1 aromatic carbocycles. The van der Waals surface area contributed by atoms with Crippen LogP contribution in [-0.4, -0.2) is 26.7 Å². The molecule has 0 atom stereocenters.